The molecule has 0 aliphatic rings. The first-order valence-corrected chi connectivity index (χ1v) is 4.86. The van der Waals surface area contributed by atoms with Gasteiger partial charge >= 0.3 is 6.03 Å². The van der Waals surface area contributed by atoms with Crippen LogP contribution in [0, 0.1) is 5.21 Å². The number of nitrogens with zero attached hydrogens (tertiary/aromatic N) is 2. The lowest BCUT2D eigenvalue weighted by atomic mass is 10.3. The van der Waals surface area contributed by atoms with E-state index in [9.17, 15) is 10.0 Å². The van der Waals surface area contributed by atoms with Crippen LogP contribution in [0.3, 0.4) is 0 Å². The van der Waals surface area contributed by atoms with Crippen molar-refractivity contribution in [1.29, 1.82) is 0 Å². The van der Waals surface area contributed by atoms with Crippen LogP contribution in [0.2, 0.25) is 0 Å². The van der Waals surface area contributed by atoms with Gasteiger partial charge < -0.3 is 21.6 Å². The van der Waals surface area contributed by atoms with Crippen LogP contribution in [0.15, 0.2) is 47.2 Å². The number of hydroxylamine groups is 2. The van der Waals surface area contributed by atoms with Gasteiger partial charge in [0.2, 0.25) is 0 Å². The van der Waals surface area contributed by atoms with Crippen LogP contribution in [0.1, 0.15) is 0 Å². The predicted octanol–water partition coefficient (Wildman–Crippen LogP) is 0.592. The Morgan fingerprint density at radius 3 is 2.67 bits per heavy atom. The van der Waals surface area contributed by atoms with E-state index in [4.69, 9.17) is 10.9 Å². The van der Waals surface area contributed by atoms with Crippen LogP contribution in [0.25, 0.3) is 0 Å². The molecule has 0 atom stereocenters. The van der Waals surface area contributed by atoms with Gasteiger partial charge in [0.1, 0.15) is 0 Å². The second-order valence-electron chi connectivity index (χ2n) is 3.07. The third kappa shape index (κ3) is 4.96. The van der Waals surface area contributed by atoms with Gasteiger partial charge in [0, 0.05) is 6.20 Å². The lowest BCUT2D eigenvalue weighted by Crippen LogP contribution is -2.38. The number of hydrogen-bond acceptors (Lipinski definition) is 6. The number of hydrogen-bond donors (Lipinski definition) is 4. The molecular weight excluding hydrogens is 238 g/mol. The Labute approximate surface area is 103 Å². The summed E-state index contributed by atoms with van der Waals surface area (Å²) in [4.78, 5) is 14.3. The van der Waals surface area contributed by atoms with E-state index in [0.29, 0.717) is 5.69 Å². The summed E-state index contributed by atoms with van der Waals surface area (Å²) in [7, 11) is 0. The zero-order chi connectivity index (χ0) is 13.4. The number of nitrogens with two attached hydrogens (primary N) is 1. The first kappa shape index (κ1) is 13.5. The molecule has 0 heterocycles. The number of aliphatic imine (C=N–C) groups is 1. The molecule has 0 radical (unpaired) electrons. The summed E-state index contributed by atoms with van der Waals surface area (Å²) in [6, 6.07) is 7.97. The van der Waals surface area contributed by atoms with E-state index < -0.39 is 11.3 Å². The summed E-state index contributed by atoms with van der Waals surface area (Å²) >= 11 is 0. The van der Waals surface area contributed by atoms with Crippen LogP contribution >= 0.6 is 0 Å². The number of primary amides is 1. The maximum Gasteiger partial charge on any atom is 0.330 e. The Hall–Kier alpha value is -2.58. The molecule has 8 nitrogen and oxygen atoms in total. The van der Waals surface area contributed by atoms with Crippen molar-refractivity contribution in [2.45, 2.75) is 0 Å². The average Bonchev–Trinajstić information content (AvgIpc) is 2.34. The fourth-order valence-corrected chi connectivity index (χ4v) is 0.978. The molecule has 0 unspecified atom stereocenters. The number of carbonyl (C=O) groups excluding carboxylic acids is 1. The van der Waals surface area contributed by atoms with Crippen molar-refractivity contribution in [2.75, 3.05) is 0 Å². The van der Waals surface area contributed by atoms with E-state index in [1.165, 1.54) is 0 Å². The minimum Gasteiger partial charge on any atom is -0.733 e. The van der Waals surface area contributed by atoms with Gasteiger partial charge in [-0.3, -0.25) is 15.6 Å². The lowest BCUT2D eigenvalue weighted by molar-refractivity contribution is 0.00386. The van der Waals surface area contributed by atoms with Gasteiger partial charge in [-0.25, -0.2) is 4.79 Å². The second kappa shape index (κ2) is 6.89. The molecule has 0 spiro atoms. The van der Waals surface area contributed by atoms with Gasteiger partial charge in [-0.1, -0.05) is 18.2 Å². The van der Waals surface area contributed by atoms with Gasteiger partial charge in [-0.05, 0) is 12.1 Å². The maximum absolute atomic E-state index is 10.8. The molecule has 1 rings (SSSR count). The fraction of sp³-hybridized carbons (Fsp3) is 0. The van der Waals surface area contributed by atoms with Gasteiger partial charge in [-0.2, -0.15) is 0 Å². The Morgan fingerprint density at radius 1 is 1.44 bits per heavy atom. The molecule has 0 saturated heterocycles. The zero-order valence-electron chi connectivity index (χ0n) is 9.28. The SMILES string of the molecule is NC(=O)NN/C=C(\C=Nc1ccccc1)N([O-])O. The number of rotatable bonds is 5. The number of allylic oxidation sites excluding steroid dienone is 1. The van der Waals surface area contributed by atoms with Crippen LogP contribution in [0.5, 0.6) is 0 Å². The Balaban J connectivity index is 2.68. The molecular formula is C10H12N5O3-. The Bertz CT molecular complexity index is 444. The van der Waals surface area contributed by atoms with Crippen LogP contribution < -0.4 is 16.6 Å². The third-order valence-corrected chi connectivity index (χ3v) is 1.74. The van der Waals surface area contributed by atoms with Gasteiger partial charge in [0.05, 0.1) is 17.6 Å². The van der Waals surface area contributed by atoms with Crippen molar-refractivity contribution in [3.8, 4) is 0 Å². The van der Waals surface area contributed by atoms with Gasteiger partial charge in [0.25, 0.3) is 0 Å². The molecule has 1 aromatic rings. The summed E-state index contributed by atoms with van der Waals surface area (Å²) < 4.78 is 0. The molecule has 96 valence electrons. The van der Waals surface area contributed by atoms with Gasteiger partial charge in [-0.15, -0.1) is 0 Å². The first-order chi connectivity index (χ1) is 8.59. The van der Waals surface area contributed by atoms with Crippen molar-refractivity contribution < 1.29 is 10.0 Å². The molecule has 5 N–H and O–H groups in total. The minimum absolute atomic E-state index is 0.215. The lowest BCUT2D eigenvalue weighted by Gasteiger charge is -2.22. The topological polar surface area (TPSA) is 126 Å². The molecule has 0 aliphatic heterocycles. The van der Waals surface area contributed by atoms with E-state index in [1.807, 2.05) is 11.5 Å². The molecule has 18 heavy (non-hydrogen) atoms. The van der Waals surface area contributed by atoms with Crippen molar-refractivity contribution >= 4 is 17.9 Å². The first-order valence-electron chi connectivity index (χ1n) is 4.86. The number of hydrazine groups is 1. The highest BCUT2D eigenvalue weighted by atomic mass is 16.8. The van der Waals surface area contributed by atoms with E-state index >= 15 is 0 Å². The summed E-state index contributed by atoms with van der Waals surface area (Å²) in [5.74, 6) is 0. The minimum atomic E-state index is -0.832. The van der Waals surface area contributed by atoms with E-state index in [2.05, 4.69) is 10.4 Å². The smallest absolute Gasteiger partial charge is 0.330 e. The van der Waals surface area contributed by atoms with Crippen LogP contribution in [-0.2, 0) is 0 Å². The largest absolute Gasteiger partial charge is 0.733 e. The maximum atomic E-state index is 10.8. The quantitative estimate of drug-likeness (QED) is 0.449. The van der Waals surface area contributed by atoms with Crippen molar-refractivity contribution in [1.82, 2.24) is 16.1 Å². The molecule has 0 bridgehead atoms. The summed E-state index contributed by atoms with van der Waals surface area (Å²) in [6.07, 6.45) is 2.15. The average molecular weight is 250 g/mol. The number of carbonyl (C=O) groups is 1. The molecule has 1 aromatic carbocycles. The number of para-hydroxylation sites is 1. The van der Waals surface area contributed by atoms with Crippen molar-refractivity contribution in [3.05, 3.63) is 47.4 Å². The molecule has 2 amide bonds. The highest BCUT2D eigenvalue weighted by Crippen LogP contribution is 2.09. The van der Waals surface area contributed by atoms with Crippen molar-refractivity contribution in [2.24, 2.45) is 10.7 Å². The molecule has 8 heteroatoms. The number of nitrogens with one attached hydrogen (secondary N) is 2. The zero-order valence-corrected chi connectivity index (χ0v) is 9.28. The summed E-state index contributed by atoms with van der Waals surface area (Å²) in [6.45, 7) is 0. The Kier molecular flexibility index (Phi) is 5.16. The van der Waals surface area contributed by atoms with Crippen molar-refractivity contribution in [3.63, 3.8) is 0 Å². The molecule has 0 aliphatic carbocycles. The summed E-state index contributed by atoms with van der Waals surface area (Å²) in [5, 5.41) is 19.2. The van der Waals surface area contributed by atoms with E-state index in [0.717, 1.165) is 12.4 Å². The van der Waals surface area contributed by atoms with Crippen LogP contribution in [-0.4, -0.2) is 22.7 Å². The number of benzene rings is 1. The third-order valence-electron chi connectivity index (χ3n) is 1.74. The van der Waals surface area contributed by atoms with Gasteiger partial charge in [0.15, 0.2) is 0 Å². The molecule has 0 saturated carbocycles. The highest BCUT2D eigenvalue weighted by molar-refractivity contribution is 5.80. The van der Waals surface area contributed by atoms with E-state index in [-0.39, 0.29) is 5.70 Å². The molecule has 0 fully saturated rings. The number of urea groups is 1. The highest BCUT2D eigenvalue weighted by Gasteiger charge is 1.94. The molecule has 0 aromatic heterocycles. The number of amides is 2. The van der Waals surface area contributed by atoms with E-state index in [1.54, 1.807) is 24.3 Å². The monoisotopic (exact) mass is 250 g/mol. The second-order valence-corrected chi connectivity index (χ2v) is 3.07. The summed E-state index contributed by atoms with van der Waals surface area (Å²) in [5.41, 5.74) is 9.41. The fourth-order valence-electron chi connectivity index (χ4n) is 0.978. The van der Waals surface area contributed by atoms with Crippen LogP contribution in [0.4, 0.5) is 10.5 Å². The normalized spacial score (nSPS) is 11.3. The Morgan fingerprint density at radius 2 is 2.11 bits per heavy atom. The standard InChI is InChI=1S/C10H12N5O3/c11-10(16)14-13-7-9(15(17)18)6-12-8-4-2-1-3-5-8/h1-7,13,17H,(H3,11,14,16)/q-1/b9-7+,12-6?. The predicted molar refractivity (Wildman–Crippen MR) is 65.5 cm³/mol.